The predicted octanol–water partition coefficient (Wildman–Crippen LogP) is 1.34. The van der Waals surface area contributed by atoms with E-state index in [0.717, 1.165) is 18.6 Å². The first-order valence-electron chi connectivity index (χ1n) is 8.91. The molecule has 6 nitrogen and oxygen atoms in total. The van der Waals surface area contributed by atoms with Crippen molar-refractivity contribution in [3.8, 4) is 5.75 Å². The lowest BCUT2D eigenvalue weighted by molar-refractivity contribution is -0.126. The summed E-state index contributed by atoms with van der Waals surface area (Å²) in [6.45, 7) is 1.74. The lowest BCUT2D eigenvalue weighted by Gasteiger charge is -2.29. The van der Waals surface area contributed by atoms with E-state index < -0.39 is 10.0 Å². The molecule has 0 unspecified atom stereocenters. The van der Waals surface area contributed by atoms with Crippen LogP contribution in [0.5, 0.6) is 5.75 Å². The number of hydrogen-bond donors (Lipinski definition) is 1. The average Bonchev–Trinajstić information content (AvgIpc) is 3.05. The van der Waals surface area contributed by atoms with E-state index in [0.29, 0.717) is 39.1 Å². The van der Waals surface area contributed by atoms with Gasteiger partial charge in [0.2, 0.25) is 15.9 Å². The standard InChI is InChI=1S/C18H26N2O4S/c1-25(22,23)20-10-7-15(8-11-20)18(21)19-9-12-24-17-6-5-14-3-2-4-16(14)13-17/h5-6,13,15H,2-4,7-12H2,1H3,(H,19,21). The Morgan fingerprint density at radius 1 is 1.24 bits per heavy atom. The van der Waals surface area contributed by atoms with Gasteiger partial charge in [0, 0.05) is 19.0 Å². The van der Waals surface area contributed by atoms with Crippen molar-refractivity contribution in [2.45, 2.75) is 32.1 Å². The third-order valence-electron chi connectivity index (χ3n) is 5.03. The number of ether oxygens (including phenoxy) is 1. The molecule has 1 amide bonds. The van der Waals surface area contributed by atoms with Crippen molar-refractivity contribution in [1.29, 1.82) is 0 Å². The number of nitrogens with one attached hydrogen (secondary N) is 1. The van der Waals surface area contributed by atoms with Crippen LogP contribution in [-0.4, -0.2) is 51.1 Å². The summed E-state index contributed by atoms with van der Waals surface area (Å²) in [6.07, 6.45) is 5.85. The first kappa shape index (κ1) is 18.2. The SMILES string of the molecule is CS(=O)(=O)N1CCC(C(=O)NCCOc2ccc3c(c2)CCC3)CC1. The Bertz CT molecular complexity index is 725. The lowest BCUT2D eigenvalue weighted by Crippen LogP contribution is -2.43. The van der Waals surface area contributed by atoms with Gasteiger partial charge in [-0.05, 0) is 55.4 Å². The summed E-state index contributed by atoms with van der Waals surface area (Å²) in [5.74, 6) is 0.736. The van der Waals surface area contributed by atoms with Crippen LogP contribution >= 0.6 is 0 Å². The molecule has 3 rings (SSSR count). The maximum atomic E-state index is 12.2. The fraction of sp³-hybridized carbons (Fsp3) is 0.611. The van der Waals surface area contributed by atoms with Gasteiger partial charge in [-0.15, -0.1) is 0 Å². The number of aryl methyl sites for hydroxylation is 2. The van der Waals surface area contributed by atoms with E-state index in [1.54, 1.807) is 0 Å². The van der Waals surface area contributed by atoms with Crippen molar-refractivity contribution in [1.82, 2.24) is 9.62 Å². The second kappa shape index (κ2) is 7.74. The van der Waals surface area contributed by atoms with Crippen molar-refractivity contribution < 1.29 is 17.9 Å². The molecule has 1 saturated heterocycles. The van der Waals surface area contributed by atoms with Gasteiger partial charge in [0.1, 0.15) is 12.4 Å². The molecular weight excluding hydrogens is 340 g/mol. The summed E-state index contributed by atoms with van der Waals surface area (Å²) < 4.78 is 30.1. The van der Waals surface area contributed by atoms with E-state index in [2.05, 4.69) is 17.4 Å². The summed E-state index contributed by atoms with van der Waals surface area (Å²) in [5, 5.41) is 2.90. The highest BCUT2D eigenvalue weighted by Gasteiger charge is 2.28. The van der Waals surface area contributed by atoms with Crippen molar-refractivity contribution in [3.63, 3.8) is 0 Å². The summed E-state index contributed by atoms with van der Waals surface area (Å²) in [4.78, 5) is 12.2. The largest absolute Gasteiger partial charge is 0.492 e. The Morgan fingerprint density at radius 3 is 2.68 bits per heavy atom. The van der Waals surface area contributed by atoms with E-state index in [4.69, 9.17) is 4.74 Å². The van der Waals surface area contributed by atoms with E-state index in [9.17, 15) is 13.2 Å². The van der Waals surface area contributed by atoms with E-state index >= 15 is 0 Å². The van der Waals surface area contributed by atoms with Gasteiger partial charge in [-0.3, -0.25) is 4.79 Å². The molecule has 1 N–H and O–H groups in total. The Labute approximate surface area is 149 Å². The molecule has 138 valence electrons. The lowest BCUT2D eigenvalue weighted by atomic mass is 9.97. The number of hydrogen-bond acceptors (Lipinski definition) is 4. The normalized spacial score (nSPS) is 18.8. The number of benzene rings is 1. The van der Waals surface area contributed by atoms with Crippen LogP contribution in [0.15, 0.2) is 18.2 Å². The molecule has 1 aliphatic carbocycles. The zero-order valence-corrected chi connectivity index (χ0v) is 15.5. The number of amides is 1. The molecule has 2 aliphatic rings. The maximum Gasteiger partial charge on any atom is 0.223 e. The third kappa shape index (κ3) is 4.73. The maximum absolute atomic E-state index is 12.2. The molecule has 0 spiro atoms. The Balaban J connectivity index is 1.37. The van der Waals surface area contributed by atoms with Gasteiger partial charge in [-0.2, -0.15) is 0 Å². The predicted molar refractivity (Wildman–Crippen MR) is 96.1 cm³/mol. The average molecular weight is 366 g/mol. The van der Waals surface area contributed by atoms with Gasteiger partial charge in [0.25, 0.3) is 0 Å². The number of nitrogens with zero attached hydrogens (tertiary/aromatic N) is 1. The second-order valence-corrected chi connectivity index (χ2v) is 8.84. The molecular formula is C18H26N2O4S. The van der Waals surface area contributed by atoms with Crippen molar-refractivity contribution in [3.05, 3.63) is 29.3 Å². The van der Waals surface area contributed by atoms with Crippen LogP contribution < -0.4 is 10.1 Å². The fourth-order valence-electron chi connectivity index (χ4n) is 3.58. The first-order chi connectivity index (χ1) is 11.9. The highest BCUT2D eigenvalue weighted by molar-refractivity contribution is 7.88. The van der Waals surface area contributed by atoms with E-state index in [1.807, 2.05) is 6.07 Å². The zero-order valence-electron chi connectivity index (χ0n) is 14.7. The summed E-state index contributed by atoms with van der Waals surface area (Å²) >= 11 is 0. The zero-order chi connectivity index (χ0) is 17.9. The quantitative estimate of drug-likeness (QED) is 0.771. The van der Waals surface area contributed by atoms with Crippen LogP contribution in [0.1, 0.15) is 30.4 Å². The minimum absolute atomic E-state index is 0.00861. The van der Waals surface area contributed by atoms with E-state index in [1.165, 1.54) is 28.1 Å². The first-order valence-corrected chi connectivity index (χ1v) is 10.8. The van der Waals surface area contributed by atoms with Crippen molar-refractivity contribution >= 4 is 15.9 Å². The minimum atomic E-state index is -3.15. The van der Waals surface area contributed by atoms with Crippen LogP contribution in [0.2, 0.25) is 0 Å². The topological polar surface area (TPSA) is 75.7 Å². The van der Waals surface area contributed by atoms with Gasteiger partial charge >= 0.3 is 0 Å². The highest BCUT2D eigenvalue weighted by atomic mass is 32.2. The molecule has 25 heavy (non-hydrogen) atoms. The smallest absolute Gasteiger partial charge is 0.223 e. The molecule has 0 atom stereocenters. The van der Waals surface area contributed by atoms with E-state index in [-0.39, 0.29) is 11.8 Å². The molecule has 7 heteroatoms. The van der Waals surface area contributed by atoms with Crippen LogP contribution in [0, 0.1) is 5.92 Å². The number of carbonyl (C=O) groups excluding carboxylic acids is 1. The van der Waals surface area contributed by atoms with Crippen molar-refractivity contribution in [2.75, 3.05) is 32.5 Å². The number of fused-ring (bicyclic) bond motifs is 1. The monoisotopic (exact) mass is 366 g/mol. The molecule has 0 saturated carbocycles. The summed E-state index contributed by atoms with van der Waals surface area (Å²) in [6, 6.07) is 6.23. The second-order valence-electron chi connectivity index (χ2n) is 6.86. The van der Waals surface area contributed by atoms with Crippen LogP contribution in [-0.2, 0) is 27.7 Å². The van der Waals surface area contributed by atoms with Crippen LogP contribution in [0.25, 0.3) is 0 Å². The number of rotatable bonds is 6. The Kier molecular flexibility index (Phi) is 5.64. The Morgan fingerprint density at radius 2 is 1.96 bits per heavy atom. The number of carbonyl (C=O) groups is 1. The van der Waals surface area contributed by atoms with Gasteiger partial charge in [0.05, 0.1) is 12.8 Å². The minimum Gasteiger partial charge on any atom is -0.492 e. The summed E-state index contributed by atoms with van der Waals surface area (Å²) in [7, 11) is -3.15. The number of piperidine rings is 1. The van der Waals surface area contributed by atoms with Gasteiger partial charge in [-0.25, -0.2) is 12.7 Å². The van der Waals surface area contributed by atoms with Gasteiger partial charge in [0.15, 0.2) is 0 Å². The molecule has 0 aromatic heterocycles. The molecule has 1 fully saturated rings. The van der Waals surface area contributed by atoms with Crippen LogP contribution in [0.3, 0.4) is 0 Å². The third-order valence-corrected chi connectivity index (χ3v) is 6.34. The van der Waals surface area contributed by atoms with Gasteiger partial charge in [-0.1, -0.05) is 6.07 Å². The molecule has 1 aromatic rings. The molecule has 0 radical (unpaired) electrons. The Hall–Kier alpha value is -1.60. The highest BCUT2D eigenvalue weighted by Crippen LogP contribution is 2.26. The number of sulfonamides is 1. The molecule has 1 heterocycles. The molecule has 1 aliphatic heterocycles. The fourth-order valence-corrected chi connectivity index (χ4v) is 4.45. The molecule has 1 aromatic carbocycles. The summed E-state index contributed by atoms with van der Waals surface area (Å²) in [5.41, 5.74) is 2.79. The van der Waals surface area contributed by atoms with Gasteiger partial charge < -0.3 is 10.1 Å². The van der Waals surface area contributed by atoms with Crippen molar-refractivity contribution in [2.24, 2.45) is 5.92 Å². The molecule has 0 bridgehead atoms. The van der Waals surface area contributed by atoms with Crippen LogP contribution in [0.4, 0.5) is 0 Å².